The Morgan fingerprint density at radius 2 is 1.76 bits per heavy atom. The van der Waals surface area contributed by atoms with Gasteiger partial charge < -0.3 is 24.8 Å². The molecular weight excluding hydrogens is 472 g/mol. The molecule has 0 saturated carbocycles. The lowest BCUT2D eigenvalue weighted by atomic mass is 10.2. The quantitative estimate of drug-likeness (QED) is 0.310. The van der Waals surface area contributed by atoms with Gasteiger partial charge in [0.05, 0.1) is 25.6 Å². The number of aromatic nitrogens is 2. The lowest BCUT2D eigenvalue weighted by molar-refractivity contribution is 0.0937. The number of rotatable bonds is 10. The van der Waals surface area contributed by atoms with Crippen molar-refractivity contribution >= 4 is 17.3 Å². The summed E-state index contributed by atoms with van der Waals surface area (Å²) in [6, 6.07) is 21.3. The van der Waals surface area contributed by atoms with Gasteiger partial charge in [0.1, 0.15) is 11.5 Å². The molecule has 37 heavy (non-hydrogen) atoms. The Labute approximate surface area is 214 Å². The summed E-state index contributed by atoms with van der Waals surface area (Å²) in [4.78, 5) is 26.2. The van der Waals surface area contributed by atoms with Gasteiger partial charge in [-0.2, -0.15) is 9.78 Å². The average Bonchev–Trinajstić information content (AvgIpc) is 2.91. The van der Waals surface area contributed by atoms with Crippen molar-refractivity contribution in [2.24, 2.45) is 0 Å². The van der Waals surface area contributed by atoms with Crippen LogP contribution in [-0.4, -0.2) is 43.1 Å². The van der Waals surface area contributed by atoms with E-state index in [4.69, 9.17) is 14.2 Å². The lowest BCUT2D eigenvalue weighted by Crippen LogP contribution is -2.27. The van der Waals surface area contributed by atoms with E-state index in [0.717, 1.165) is 5.56 Å². The fourth-order valence-corrected chi connectivity index (χ4v) is 3.60. The van der Waals surface area contributed by atoms with Gasteiger partial charge in [-0.1, -0.05) is 18.2 Å². The minimum absolute atomic E-state index is 0.171. The Hall–Kier alpha value is -4.63. The highest BCUT2D eigenvalue weighted by atomic mass is 16.5. The zero-order chi connectivity index (χ0) is 26.2. The largest absolute Gasteiger partial charge is 0.497 e. The van der Waals surface area contributed by atoms with Crippen LogP contribution >= 0.6 is 0 Å². The zero-order valence-corrected chi connectivity index (χ0v) is 20.9. The molecule has 1 amide bonds. The van der Waals surface area contributed by atoms with Crippen LogP contribution in [0, 0.1) is 6.92 Å². The summed E-state index contributed by atoms with van der Waals surface area (Å²) in [5.41, 5.74) is 2.29. The smallest absolute Gasteiger partial charge is 0.299 e. The van der Waals surface area contributed by atoms with E-state index in [-0.39, 0.29) is 17.3 Å². The van der Waals surface area contributed by atoms with Gasteiger partial charge >= 0.3 is 0 Å². The van der Waals surface area contributed by atoms with Crippen molar-refractivity contribution in [2.75, 3.05) is 32.7 Å². The molecule has 3 aromatic carbocycles. The number of nitrogens with one attached hydrogen (secondary N) is 2. The molecule has 4 rings (SSSR count). The number of amides is 1. The Kier molecular flexibility index (Phi) is 8.17. The highest BCUT2D eigenvalue weighted by Gasteiger charge is 2.16. The van der Waals surface area contributed by atoms with Gasteiger partial charge in [-0.15, -0.1) is 0 Å². The molecule has 190 valence electrons. The van der Waals surface area contributed by atoms with Crippen LogP contribution in [0.4, 0.5) is 11.4 Å². The second-order valence-electron chi connectivity index (χ2n) is 8.17. The summed E-state index contributed by atoms with van der Waals surface area (Å²) < 4.78 is 17.5. The predicted molar refractivity (Wildman–Crippen MR) is 142 cm³/mol. The number of ether oxygens (including phenoxy) is 3. The van der Waals surface area contributed by atoms with Crippen LogP contribution < -0.4 is 25.7 Å². The highest BCUT2D eigenvalue weighted by molar-refractivity contribution is 5.95. The SMILES string of the molecule is COCCNC(=O)c1cccc(Nc2c(Oc3cccc(C)c3)cnn(-c3ccc(OC)cc3)c2=O)c1. The van der Waals surface area contributed by atoms with E-state index in [9.17, 15) is 9.59 Å². The normalized spacial score (nSPS) is 10.6. The Bertz CT molecular complexity index is 1430. The fourth-order valence-electron chi connectivity index (χ4n) is 3.60. The number of hydrogen-bond donors (Lipinski definition) is 2. The Morgan fingerprint density at radius 3 is 2.49 bits per heavy atom. The molecule has 0 aliphatic rings. The van der Waals surface area contributed by atoms with Crippen LogP contribution in [-0.2, 0) is 4.74 Å². The summed E-state index contributed by atoms with van der Waals surface area (Å²) >= 11 is 0. The first-order valence-electron chi connectivity index (χ1n) is 11.6. The van der Waals surface area contributed by atoms with Crippen molar-refractivity contribution in [3.63, 3.8) is 0 Å². The molecule has 2 N–H and O–H groups in total. The molecule has 1 heterocycles. The van der Waals surface area contributed by atoms with Crippen LogP contribution in [0.2, 0.25) is 0 Å². The topological polar surface area (TPSA) is 104 Å². The number of anilines is 2. The molecule has 0 unspecified atom stereocenters. The molecule has 0 aliphatic heterocycles. The highest BCUT2D eigenvalue weighted by Crippen LogP contribution is 2.29. The number of hydrogen-bond acceptors (Lipinski definition) is 7. The summed E-state index contributed by atoms with van der Waals surface area (Å²) in [6.07, 6.45) is 1.48. The second-order valence-corrected chi connectivity index (χ2v) is 8.17. The Morgan fingerprint density at radius 1 is 0.973 bits per heavy atom. The van der Waals surface area contributed by atoms with Crippen molar-refractivity contribution in [1.82, 2.24) is 15.1 Å². The maximum Gasteiger partial charge on any atom is 0.299 e. The minimum atomic E-state index is -0.426. The molecule has 0 spiro atoms. The van der Waals surface area contributed by atoms with Gasteiger partial charge in [-0.25, -0.2) is 0 Å². The molecule has 0 bridgehead atoms. The first-order valence-corrected chi connectivity index (χ1v) is 11.6. The van der Waals surface area contributed by atoms with Crippen molar-refractivity contribution in [3.05, 3.63) is 100 Å². The number of carbonyl (C=O) groups excluding carboxylic acids is 1. The zero-order valence-electron chi connectivity index (χ0n) is 20.9. The summed E-state index contributed by atoms with van der Waals surface area (Å²) in [5, 5.41) is 10.3. The van der Waals surface area contributed by atoms with Gasteiger partial charge in [-0.05, 0) is 67.1 Å². The van der Waals surface area contributed by atoms with Crippen molar-refractivity contribution in [1.29, 1.82) is 0 Å². The van der Waals surface area contributed by atoms with Crippen LogP contribution in [0.1, 0.15) is 15.9 Å². The molecule has 9 heteroatoms. The first-order chi connectivity index (χ1) is 18.0. The molecule has 0 radical (unpaired) electrons. The predicted octanol–water partition coefficient (Wildman–Crippen LogP) is 4.46. The number of methoxy groups -OCH3 is 2. The molecule has 1 aromatic heterocycles. The molecule has 4 aromatic rings. The molecular formula is C28H28N4O5. The number of aryl methyl sites for hydroxylation is 1. The van der Waals surface area contributed by atoms with E-state index in [1.807, 2.05) is 25.1 Å². The third kappa shape index (κ3) is 6.33. The number of nitrogens with zero attached hydrogens (tertiary/aromatic N) is 2. The molecule has 9 nitrogen and oxygen atoms in total. The van der Waals surface area contributed by atoms with E-state index >= 15 is 0 Å². The molecule has 0 saturated heterocycles. The summed E-state index contributed by atoms with van der Waals surface area (Å²) in [5.74, 6) is 1.23. The monoisotopic (exact) mass is 500 g/mol. The van der Waals surface area contributed by atoms with Gasteiger partial charge in [0.25, 0.3) is 11.5 Å². The van der Waals surface area contributed by atoms with Crippen molar-refractivity contribution in [2.45, 2.75) is 6.92 Å². The van der Waals surface area contributed by atoms with Crippen LogP contribution in [0.5, 0.6) is 17.2 Å². The van der Waals surface area contributed by atoms with E-state index in [0.29, 0.717) is 41.6 Å². The van der Waals surface area contributed by atoms with Crippen LogP contribution in [0.3, 0.4) is 0 Å². The maximum atomic E-state index is 13.6. The average molecular weight is 501 g/mol. The summed E-state index contributed by atoms with van der Waals surface area (Å²) in [6.45, 7) is 2.75. The van der Waals surface area contributed by atoms with Crippen molar-refractivity contribution < 1.29 is 19.0 Å². The number of carbonyl (C=O) groups is 1. The second kappa shape index (κ2) is 11.9. The third-order valence-electron chi connectivity index (χ3n) is 5.46. The van der Waals surface area contributed by atoms with E-state index in [2.05, 4.69) is 15.7 Å². The Balaban J connectivity index is 1.72. The van der Waals surface area contributed by atoms with Gasteiger partial charge in [0, 0.05) is 24.9 Å². The maximum absolute atomic E-state index is 13.6. The third-order valence-corrected chi connectivity index (χ3v) is 5.46. The van der Waals surface area contributed by atoms with E-state index in [1.165, 1.54) is 10.9 Å². The van der Waals surface area contributed by atoms with Crippen LogP contribution in [0.15, 0.2) is 83.8 Å². The summed E-state index contributed by atoms with van der Waals surface area (Å²) in [7, 11) is 3.14. The molecule has 0 fully saturated rings. The number of benzene rings is 3. The first kappa shape index (κ1) is 25.5. The van der Waals surface area contributed by atoms with Gasteiger partial charge in [-0.3, -0.25) is 9.59 Å². The fraction of sp³-hybridized carbons (Fsp3) is 0.179. The van der Waals surface area contributed by atoms with E-state index in [1.54, 1.807) is 68.8 Å². The lowest BCUT2D eigenvalue weighted by Gasteiger charge is -2.15. The van der Waals surface area contributed by atoms with Crippen LogP contribution in [0.25, 0.3) is 5.69 Å². The van der Waals surface area contributed by atoms with Gasteiger partial charge in [0.15, 0.2) is 11.4 Å². The van der Waals surface area contributed by atoms with E-state index < -0.39 is 5.56 Å². The standard InChI is InChI=1S/C28H28N4O5/c1-19-6-4-9-24(16-19)37-25-18-30-32(22-10-12-23(36-3)13-11-22)28(34)26(25)31-21-8-5-7-20(17-21)27(33)29-14-15-35-2/h4-13,16-18,31H,14-15H2,1-3H3,(H,29,33). The van der Waals surface area contributed by atoms with Crippen molar-refractivity contribution in [3.8, 4) is 22.9 Å². The molecule has 0 atom stereocenters. The molecule has 0 aliphatic carbocycles. The minimum Gasteiger partial charge on any atom is -0.497 e. The van der Waals surface area contributed by atoms with Gasteiger partial charge in [0.2, 0.25) is 0 Å².